The number of likely N-dealkylation sites (tertiary alicyclic amines) is 1. The van der Waals surface area contributed by atoms with Crippen molar-refractivity contribution in [2.45, 2.75) is 58.5 Å². The van der Waals surface area contributed by atoms with Gasteiger partial charge in [-0.3, -0.25) is 9.69 Å². The second-order valence-corrected chi connectivity index (χ2v) is 7.34. The fraction of sp³-hybridized carbons (Fsp3) is 0.778. The Morgan fingerprint density at radius 3 is 2.74 bits per heavy atom. The Kier molecular flexibility index (Phi) is 5.05. The van der Waals surface area contributed by atoms with Gasteiger partial charge in [0, 0.05) is 44.8 Å². The fourth-order valence-corrected chi connectivity index (χ4v) is 3.81. The largest absolute Gasteiger partial charge is 0.352 e. The van der Waals surface area contributed by atoms with Crippen molar-refractivity contribution in [1.29, 1.82) is 0 Å². The van der Waals surface area contributed by atoms with E-state index in [-0.39, 0.29) is 5.92 Å². The maximum Gasteiger partial charge on any atom is 0.223 e. The molecule has 5 heteroatoms. The Hall–Kier alpha value is -1.36. The summed E-state index contributed by atoms with van der Waals surface area (Å²) < 4.78 is 2.16. The molecular weight excluding hydrogens is 288 g/mol. The molecule has 1 aromatic heterocycles. The van der Waals surface area contributed by atoms with E-state index in [2.05, 4.69) is 33.7 Å². The molecule has 2 atom stereocenters. The zero-order chi connectivity index (χ0) is 16.4. The third-order valence-corrected chi connectivity index (χ3v) is 5.68. The Morgan fingerprint density at radius 2 is 2.17 bits per heavy atom. The lowest BCUT2D eigenvalue weighted by atomic mass is 9.84. The number of aromatic nitrogens is 2. The first-order valence-electron chi connectivity index (χ1n) is 9.08. The quantitative estimate of drug-likeness (QED) is 0.875. The monoisotopic (exact) mass is 318 g/mol. The highest BCUT2D eigenvalue weighted by molar-refractivity contribution is 5.79. The molecule has 1 saturated heterocycles. The van der Waals surface area contributed by atoms with E-state index >= 15 is 0 Å². The summed E-state index contributed by atoms with van der Waals surface area (Å²) in [6.07, 6.45) is 7.72. The molecule has 1 N–H and O–H groups in total. The van der Waals surface area contributed by atoms with Gasteiger partial charge < -0.3 is 9.88 Å². The first-order valence-corrected chi connectivity index (χ1v) is 9.08. The topological polar surface area (TPSA) is 50.2 Å². The van der Waals surface area contributed by atoms with Crippen LogP contribution in [0.3, 0.4) is 0 Å². The van der Waals surface area contributed by atoms with E-state index in [1.54, 1.807) is 0 Å². The van der Waals surface area contributed by atoms with Gasteiger partial charge in [-0.2, -0.15) is 0 Å². The molecule has 128 valence electrons. The highest BCUT2D eigenvalue weighted by Gasteiger charge is 2.35. The van der Waals surface area contributed by atoms with E-state index in [4.69, 9.17) is 0 Å². The number of hydrogen-bond donors (Lipinski definition) is 1. The normalized spacial score (nSPS) is 25.5. The first kappa shape index (κ1) is 16.5. The molecule has 5 nitrogen and oxygen atoms in total. The summed E-state index contributed by atoms with van der Waals surface area (Å²) >= 11 is 0. The molecule has 1 aliphatic heterocycles. The molecule has 0 radical (unpaired) electrons. The second kappa shape index (κ2) is 7.04. The highest BCUT2D eigenvalue weighted by atomic mass is 16.2. The molecular formula is C18H30N4O. The van der Waals surface area contributed by atoms with Gasteiger partial charge in [-0.25, -0.2) is 4.98 Å². The van der Waals surface area contributed by atoms with Crippen LogP contribution in [0, 0.1) is 18.8 Å². The Bertz CT molecular complexity index is 549. The maximum absolute atomic E-state index is 12.3. The molecule has 23 heavy (non-hydrogen) atoms. The van der Waals surface area contributed by atoms with Gasteiger partial charge in [0.1, 0.15) is 5.82 Å². The van der Waals surface area contributed by atoms with E-state index in [1.807, 2.05) is 13.1 Å². The molecule has 2 aliphatic rings. The van der Waals surface area contributed by atoms with E-state index in [0.29, 0.717) is 17.9 Å². The van der Waals surface area contributed by atoms with Crippen molar-refractivity contribution in [2.24, 2.45) is 18.9 Å². The van der Waals surface area contributed by atoms with Gasteiger partial charge in [0.25, 0.3) is 0 Å². The van der Waals surface area contributed by atoms with Crippen LogP contribution in [0.15, 0.2) is 6.20 Å². The summed E-state index contributed by atoms with van der Waals surface area (Å²) in [7, 11) is 2.08. The number of carbonyl (C=O) groups is 1. The third-order valence-electron chi connectivity index (χ3n) is 5.68. The standard InChI is InChI=1S/C18H30N4O/c1-4-6-15-10-22(11-16-9-19-13(2)21(16)3)12-17(15)20-18(23)14-7-5-8-14/h9,14-15,17H,4-8,10-12H2,1-3H3,(H,20,23)/t15-,17-/m0/s1. The van der Waals surface area contributed by atoms with Crippen LogP contribution in [0.5, 0.6) is 0 Å². The van der Waals surface area contributed by atoms with Crippen LogP contribution in [0.2, 0.25) is 0 Å². The number of aryl methyl sites for hydroxylation is 1. The van der Waals surface area contributed by atoms with Crippen molar-refractivity contribution in [3.05, 3.63) is 17.7 Å². The summed E-state index contributed by atoms with van der Waals surface area (Å²) in [6.45, 7) is 7.24. The lowest BCUT2D eigenvalue weighted by molar-refractivity contribution is -0.128. The van der Waals surface area contributed by atoms with Crippen LogP contribution in [-0.2, 0) is 18.4 Å². The molecule has 1 aromatic rings. The van der Waals surface area contributed by atoms with E-state index in [0.717, 1.165) is 38.3 Å². The zero-order valence-electron chi connectivity index (χ0n) is 14.7. The first-order chi connectivity index (χ1) is 11.1. The van der Waals surface area contributed by atoms with Crippen LogP contribution in [0.25, 0.3) is 0 Å². The van der Waals surface area contributed by atoms with Gasteiger partial charge in [0.15, 0.2) is 0 Å². The molecule has 0 bridgehead atoms. The smallest absolute Gasteiger partial charge is 0.223 e. The fourth-order valence-electron chi connectivity index (χ4n) is 3.81. The lowest BCUT2D eigenvalue weighted by Crippen LogP contribution is -2.45. The number of amides is 1. The van der Waals surface area contributed by atoms with Crippen molar-refractivity contribution >= 4 is 5.91 Å². The molecule has 2 heterocycles. The zero-order valence-corrected chi connectivity index (χ0v) is 14.7. The van der Waals surface area contributed by atoms with E-state index < -0.39 is 0 Å². The van der Waals surface area contributed by atoms with Gasteiger partial charge in [0.2, 0.25) is 5.91 Å². The summed E-state index contributed by atoms with van der Waals surface area (Å²) in [5.74, 6) is 2.21. The molecule has 0 aromatic carbocycles. The number of nitrogens with zero attached hydrogens (tertiary/aromatic N) is 3. The molecule has 1 saturated carbocycles. The lowest BCUT2D eigenvalue weighted by Gasteiger charge is -2.27. The van der Waals surface area contributed by atoms with Gasteiger partial charge in [-0.05, 0) is 32.1 Å². The average Bonchev–Trinajstić information content (AvgIpc) is 2.96. The number of hydrogen-bond acceptors (Lipinski definition) is 3. The van der Waals surface area contributed by atoms with Crippen molar-refractivity contribution in [2.75, 3.05) is 13.1 Å². The minimum absolute atomic E-state index is 0.283. The predicted octanol–water partition coefficient (Wildman–Crippen LogP) is 2.25. The molecule has 3 rings (SSSR count). The SMILES string of the molecule is CCC[C@H]1CN(Cc2cnc(C)n2C)C[C@@H]1NC(=O)C1CCC1. The maximum atomic E-state index is 12.3. The summed E-state index contributed by atoms with van der Waals surface area (Å²) in [5.41, 5.74) is 1.25. The van der Waals surface area contributed by atoms with Crippen LogP contribution >= 0.6 is 0 Å². The van der Waals surface area contributed by atoms with Crippen molar-refractivity contribution in [3.63, 3.8) is 0 Å². The molecule has 0 spiro atoms. The summed E-state index contributed by atoms with van der Waals surface area (Å²) in [6, 6.07) is 0.317. The third kappa shape index (κ3) is 3.60. The van der Waals surface area contributed by atoms with Gasteiger partial charge in [0.05, 0.1) is 5.69 Å². The van der Waals surface area contributed by atoms with Crippen LogP contribution in [0.4, 0.5) is 0 Å². The Morgan fingerprint density at radius 1 is 1.39 bits per heavy atom. The number of carbonyl (C=O) groups excluding carboxylic acids is 1. The predicted molar refractivity (Wildman–Crippen MR) is 90.9 cm³/mol. The van der Waals surface area contributed by atoms with Gasteiger partial charge >= 0.3 is 0 Å². The van der Waals surface area contributed by atoms with E-state index in [9.17, 15) is 4.79 Å². The molecule has 2 fully saturated rings. The molecule has 1 amide bonds. The average molecular weight is 318 g/mol. The van der Waals surface area contributed by atoms with E-state index in [1.165, 1.54) is 25.0 Å². The van der Waals surface area contributed by atoms with Gasteiger partial charge in [-0.1, -0.05) is 19.8 Å². The van der Waals surface area contributed by atoms with Crippen LogP contribution in [0.1, 0.15) is 50.5 Å². The summed E-state index contributed by atoms with van der Waals surface area (Å²) in [5, 5.41) is 3.35. The number of imidazole rings is 1. The van der Waals surface area contributed by atoms with Crippen molar-refractivity contribution in [3.8, 4) is 0 Å². The van der Waals surface area contributed by atoms with Crippen molar-refractivity contribution < 1.29 is 4.79 Å². The Balaban J connectivity index is 1.60. The number of rotatable bonds is 6. The molecule has 1 aliphatic carbocycles. The summed E-state index contributed by atoms with van der Waals surface area (Å²) in [4.78, 5) is 19.2. The van der Waals surface area contributed by atoms with Crippen LogP contribution in [-0.4, -0.2) is 39.5 Å². The minimum Gasteiger partial charge on any atom is -0.352 e. The highest BCUT2D eigenvalue weighted by Crippen LogP contribution is 2.28. The van der Waals surface area contributed by atoms with Crippen LogP contribution < -0.4 is 5.32 Å². The Labute approximate surface area is 139 Å². The van der Waals surface area contributed by atoms with Crippen molar-refractivity contribution in [1.82, 2.24) is 19.8 Å². The van der Waals surface area contributed by atoms with Gasteiger partial charge in [-0.15, -0.1) is 0 Å². The second-order valence-electron chi connectivity index (χ2n) is 7.34. The number of nitrogens with one attached hydrogen (secondary N) is 1. The minimum atomic E-state index is 0.283. The molecule has 0 unspecified atom stereocenters.